The average molecular weight is 955 g/mol. The molecule has 8 aromatic carbocycles. The Morgan fingerprint density at radius 2 is 1.06 bits per heavy atom. The molecule has 4 heteroatoms. The molecule has 0 atom stereocenters. The van der Waals surface area contributed by atoms with Crippen molar-refractivity contribution < 1.29 is 0 Å². The lowest BCUT2D eigenvalue weighted by Gasteiger charge is -2.47. The highest BCUT2D eigenvalue weighted by atomic mass is 32.1. The largest absolute Gasteiger partial charge is 0.376 e. The van der Waals surface area contributed by atoms with Crippen molar-refractivity contribution in [3.63, 3.8) is 0 Å². The summed E-state index contributed by atoms with van der Waals surface area (Å²) in [5, 5.41) is 5.26. The lowest BCUT2D eigenvalue weighted by atomic mass is 9.43. The van der Waals surface area contributed by atoms with Gasteiger partial charge in [0.2, 0.25) is 0 Å². The van der Waals surface area contributed by atoms with Gasteiger partial charge in [-0.3, -0.25) is 0 Å². The Bertz CT molecular complexity index is 3700. The summed E-state index contributed by atoms with van der Waals surface area (Å²) in [6.07, 6.45) is 4.71. The molecule has 0 radical (unpaired) electrons. The molecule has 1 aromatic heterocycles. The lowest BCUT2D eigenvalue weighted by Crippen LogP contribution is -2.61. The number of nitrogens with zero attached hydrogens (tertiary/aromatic N) is 2. The molecule has 2 nitrogen and oxygen atoms in total. The maximum absolute atomic E-state index is 2.79. The summed E-state index contributed by atoms with van der Waals surface area (Å²) in [6, 6.07) is 61.5. The molecule has 2 aliphatic heterocycles. The maximum Gasteiger partial charge on any atom is 0.334 e. The standard InChI is InChI=1S/C68H67BN2S/c1-64(2,3)46-27-31-56(49(38-46)43-22-16-13-17-23-43)70-58-37-45-24-18-19-25-48(45)60-50-36-44(42-20-14-12-15-21-42)26-30-57(50)71(47-28-29-52-53(39-47)66(6,7)33-32-65(52,4)5)69(62(58)60)61-51-40-54-55(41-59(51)72-63(61)70)68(10,11)35-34-67(54,8)9/h12-31,36-41H,32-35H2,1-11H3. The highest BCUT2D eigenvalue weighted by Gasteiger charge is 2.49. The minimum atomic E-state index is -0.112. The number of rotatable bonds is 4. The summed E-state index contributed by atoms with van der Waals surface area (Å²) in [5.41, 5.74) is 23.0. The van der Waals surface area contributed by atoms with Gasteiger partial charge in [0, 0.05) is 32.9 Å². The highest BCUT2D eigenvalue weighted by Crippen LogP contribution is 2.56. The molecular weight excluding hydrogens is 888 g/mol. The van der Waals surface area contributed by atoms with Gasteiger partial charge in [-0.05, 0) is 185 Å². The predicted octanol–water partition coefficient (Wildman–Crippen LogP) is 18.1. The van der Waals surface area contributed by atoms with Crippen molar-refractivity contribution in [1.82, 2.24) is 0 Å². The summed E-state index contributed by atoms with van der Waals surface area (Å²) in [7, 11) is 0. The second-order valence-corrected chi connectivity index (χ2v) is 26.5. The molecule has 9 aromatic rings. The van der Waals surface area contributed by atoms with E-state index in [9.17, 15) is 0 Å². The molecular formula is C68H67BN2S. The van der Waals surface area contributed by atoms with Gasteiger partial charge in [-0.25, -0.2) is 0 Å². The van der Waals surface area contributed by atoms with Crippen molar-refractivity contribution in [2.24, 2.45) is 0 Å². The number of benzene rings is 8. The van der Waals surface area contributed by atoms with Crippen LogP contribution >= 0.6 is 11.3 Å². The smallest absolute Gasteiger partial charge is 0.334 e. The predicted molar refractivity (Wildman–Crippen MR) is 313 cm³/mol. The molecule has 0 saturated heterocycles. The van der Waals surface area contributed by atoms with Crippen LogP contribution in [0.2, 0.25) is 0 Å². The molecule has 3 heterocycles. The summed E-state index contributed by atoms with van der Waals surface area (Å²) < 4.78 is 1.37. The first-order valence-corrected chi connectivity index (χ1v) is 27.4. The summed E-state index contributed by atoms with van der Waals surface area (Å²) in [4.78, 5) is 5.51. The van der Waals surface area contributed by atoms with Crippen LogP contribution in [-0.4, -0.2) is 6.85 Å². The van der Waals surface area contributed by atoms with Gasteiger partial charge in [0.05, 0.1) is 10.7 Å². The third-order valence-electron chi connectivity index (χ3n) is 17.9. The van der Waals surface area contributed by atoms with Crippen LogP contribution < -0.4 is 20.6 Å². The van der Waals surface area contributed by atoms with Gasteiger partial charge >= 0.3 is 6.85 Å². The highest BCUT2D eigenvalue weighted by molar-refractivity contribution is 7.26. The summed E-state index contributed by atoms with van der Waals surface area (Å²) in [5.74, 6) is 0. The van der Waals surface area contributed by atoms with Crippen LogP contribution in [0.5, 0.6) is 0 Å². The third-order valence-corrected chi connectivity index (χ3v) is 19.1. The first-order valence-electron chi connectivity index (χ1n) is 26.6. The normalized spacial score (nSPS) is 17.8. The average Bonchev–Trinajstić information content (AvgIpc) is 3.74. The summed E-state index contributed by atoms with van der Waals surface area (Å²) >= 11 is 2.01. The van der Waals surface area contributed by atoms with Crippen molar-refractivity contribution in [1.29, 1.82) is 0 Å². The molecule has 13 rings (SSSR count). The van der Waals surface area contributed by atoms with Crippen LogP contribution in [0.4, 0.5) is 27.8 Å². The van der Waals surface area contributed by atoms with Gasteiger partial charge in [0.1, 0.15) is 0 Å². The van der Waals surface area contributed by atoms with Crippen molar-refractivity contribution in [2.45, 2.75) is 129 Å². The van der Waals surface area contributed by atoms with E-state index in [1.165, 1.54) is 146 Å². The van der Waals surface area contributed by atoms with E-state index in [2.05, 4.69) is 244 Å². The van der Waals surface area contributed by atoms with Gasteiger partial charge in [-0.1, -0.05) is 179 Å². The van der Waals surface area contributed by atoms with Crippen LogP contribution in [0, 0.1) is 0 Å². The van der Waals surface area contributed by atoms with Crippen molar-refractivity contribution in [3.05, 3.63) is 186 Å². The molecule has 72 heavy (non-hydrogen) atoms. The number of thiophene rings is 1. The third kappa shape index (κ3) is 6.80. The zero-order chi connectivity index (χ0) is 49.9. The van der Waals surface area contributed by atoms with E-state index in [1.807, 2.05) is 11.3 Å². The van der Waals surface area contributed by atoms with Crippen LogP contribution in [0.3, 0.4) is 0 Å². The quantitative estimate of drug-likeness (QED) is 0.162. The Labute approximate surface area is 432 Å². The SMILES string of the molecule is CC(C)(C)c1ccc(N2c3cc4ccccc4c4c3B(c3c2sc2cc5c(cc32)C(C)(C)CCC5(C)C)N(c2ccc3c(c2)C(C)(C)CCC3(C)C)c2ccc(-c3ccccc3)cc2-4)c(-c2ccccc2)c1. The second kappa shape index (κ2) is 15.6. The van der Waals surface area contributed by atoms with E-state index in [0.29, 0.717) is 0 Å². The van der Waals surface area contributed by atoms with E-state index in [0.717, 1.165) is 0 Å². The van der Waals surface area contributed by atoms with Gasteiger partial charge in [-0.2, -0.15) is 0 Å². The van der Waals surface area contributed by atoms with Crippen molar-refractivity contribution in [2.75, 3.05) is 9.71 Å². The first-order chi connectivity index (χ1) is 34.3. The molecule has 0 saturated carbocycles. The van der Waals surface area contributed by atoms with Crippen LogP contribution in [-0.2, 0) is 27.1 Å². The maximum atomic E-state index is 2.79. The Hall–Kier alpha value is -6.36. The molecule has 0 bridgehead atoms. The van der Waals surface area contributed by atoms with E-state index in [1.54, 1.807) is 0 Å². The number of fused-ring (bicyclic) bond motifs is 10. The summed E-state index contributed by atoms with van der Waals surface area (Å²) in [6.45, 7) is 26.7. The molecule has 358 valence electrons. The van der Waals surface area contributed by atoms with Gasteiger partial charge in [0.25, 0.3) is 0 Å². The van der Waals surface area contributed by atoms with Crippen molar-refractivity contribution >= 4 is 77.7 Å². The monoisotopic (exact) mass is 955 g/mol. The van der Waals surface area contributed by atoms with Crippen LogP contribution in [0.1, 0.15) is 130 Å². The molecule has 4 aliphatic rings. The number of anilines is 5. The van der Waals surface area contributed by atoms with Crippen molar-refractivity contribution in [3.8, 4) is 33.4 Å². The van der Waals surface area contributed by atoms with Gasteiger partial charge in [0.15, 0.2) is 0 Å². The van der Waals surface area contributed by atoms with Gasteiger partial charge in [-0.15, -0.1) is 11.3 Å². The molecule has 0 N–H and O–H groups in total. The minimum absolute atomic E-state index is 0.0298. The van der Waals surface area contributed by atoms with Crippen LogP contribution in [0.25, 0.3) is 54.2 Å². The molecule has 0 spiro atoms. The molecule has 2 aliphatic carbocycles. The second-order valence-electron chi connectivity index (χ2n) is 25.4. The molecule has 0 unspecified atom stereocenters. The minimum Gasteiger partial charge on any atom is -0.376 e. The fraction of sp³-hybridized carbons (Fsp3) is 0.294. The number of hydrogen-bond donors (Lipinski definition) is 0. The zero-order valence-electron chi connectivity index (χ0n) is 44.2. The van der Waals surface area contributed by atoms with E-state index in [-0.39, 0.29) is 33.9 Å². The first kappa shape index (κ1) is 45.5. The topological polar surface area (TPSA) is 6.48 Å². The van der Waals surface area contributed by atoms with E-state index in [4.69, 9.17) is 0 Å². The fourth-order valence-corrected chi connectivity index (χ4v) is 14.7. The van der Waals surface area contributed by atoms with E-state index >= 15 is 0 Å². The molecule has 0 fully saturated rings. The van der Waals surface area contributed by atoms with E-state index < -0.39 is 0 Å². The Morgan fingerprint density at radius 1 is 0.458 bits per heavy atom. The van der Waals surface area contributed by atoms with Crippen LogP contribution in [0.15, 0.2) is 158 Å². The Kier molecular flexibility index (Phi) is 9.85. The van der Waals surface area contributed by atoms with Gasteiger partial charge < -0.3 is 9.71 Å². The fourth-order valence-electron chi connectivity index (χ4n) is 13.4. The Morgan fingerprint density at radius 3 is 1.74 bits per heavy atom. The lowest BCUT2D eigenvalue weighted by molar-refractivity contribution is 0.332. The number of hydrogen-bond acceptors (Lipinski definition) is 3. The Balaban J connectivity index is 1.21. The zero-order valence-corrected chi connectivity index (χ0v) is 45.0. The molecule has 0 amide bonds.